The van der Waals surface area contributed by atoms with E-state index in [1.807, 2.05) is 24.3 Å². The molecule has 20 heteroatoms. The van der Waals surface area contributed by atoms with Gasteiger partial charge < -0.3 is 34.5 Å². The van der Waals surface area contributed by atoms with E-state index in [1.54, 1.807) is 85.8 Å². The molecule has 0 saturated carbocycles. The van der Waals surface area contributed by atoms with Gasteiger partial charge in [0.25, 0.3) is 20.0 Å². The van der Waals surface area contributed by atoms with Crippen LogP contribution in [0.2, 0.25) is 0 Å². The lowest BCUT2D eigenvalue weighted by Crippen LogP contribution is -2.15. The highest BCUT2D eigenvalue weighted by Crippen LogP contribution is 2.32. The maximum Gasteiger partial charge on any atom is 0.335 e. The molecule has 0 fully saturated rings. The maximum absolute atomic E-state index is 13.0. The van der Waals surface area contributed by atoms with E-state index in [2.05, 4.69) is 19.7 Å². The number of sulfonamides is 2. The van der Waals surface area contributed by atoms with Gasteiger partial charge in [-0.25, -0.2) is 31.4 Å². The first kappa shape index (κ1) is 47.8. The molecule has 0 aliphatic carbocycles. The Morgan fingerprint density at radius 3 is 1.53 bits per heavy atom. The number of rotatable bonds is 19. The highest BCUT2D eigenvalue weighted by Gasteiger charge is 2.24. The first-order valence-electron chi connectivity index (χ1n) is 19.7. The van der Waals surface area contributed by atoms with Crippen molar-refractivity contribution in [2.75, 3.05) is 41.2 Å². The molecular weight excluding hydrogens is 913 g/mol. The number of fused-ring (bicyclic) bond motifs is 1. The molecule has 17 nitrogen and oxygen atoms in total. The van der Waals surface area contributed by atoms with Crippen LogP contribution in [-0.4, -0.2) is 76.3 Å². The summed E-state index contributed by atoms with van der Waals surface area (Å²) in [5, 5.41) is 22.3. The number of hydrogen-bond acceptors (Lipinski definition) is 13. The number of aromatic carboxylic acids is 2. The van der Waals surface area contributed by atoms with E-state index in [-0.39, 0.29) is 69.1 Å². The highest BCUT2D eigenvalue weighted by atomic mass is 32.2. The Hall–Kier alpha value is -7.68. The second-order valence-corrected chi connectivity index (χ2v) is 18.4. The summed E-state index contributed by atoms with van der Waals surface area (Å²) in [7, 11) is -7.79. The van der Waals surface area contributed by atoms with E-state index in [0.717, 1.165) is 22.1 Å². The van der Waals surface area contributed by atoms with Crippen molar-refractivity contribution in [3.8, 4) is 23.0 Å². The Kier molecular flexibility index (Phi) is 15.8. The fourth-order valence-electron chi connectivity index (χ4n) is 5.93. The zero-order chi connectivity index (χ0) is 47.3. The van der Waals surface area contributed by atoms with Crippen LogP contribution < -0.4 is 33.7 Å². The molecule has 66 heavy (non-hydrogen) atoms. The van der Waals surface area contributed by atoms with Gasteiger partial charge in [-0.05, 0) is 103 Å². The van der Waals surface area contributed by atoms with Gasteiger partial charge >= 0.3 is 11.9 Å². The molecule has 1 aromatic heterocycles. The van der Waals surface area contributed by atoms with Gasteiger partial charge in [-0.2, -0.15) is 0 Å². The molecule has 0 unspecified atom stereocenters. The number of nitrogens with one attached hydrogen (secondary N) is 3. The van der Waals surface area contributed by atoms with Gasteiger partial charge in [0.1, 0.15) is 49.4 Å². The number of amides is 1. The summed E-state index contributed by atoms with van der Waals surface area (Å²) in [6.07, 6.45) is 0. The smallest absolute Gasteiger partial charge is 0.335 e. The molecule has 5 N–H and O–H groups in total. The molecule has 1 amide bonds. The number of aromatic nitrogens is 1. The van der Waals surface area contributed by atoms with Crippen molar-refractivity contribution in [3.05, 3.63) is 156 Å². The normalized spacial score (nSPS) is 11.1. The average Bonchev–Trinajstić information content (AvgIpc) is 3.67. The van der Waals surface area contributed by atoms with Crippen LogP contribution in [0.4, 0.5) is 16.5 Å². The number of carboxylic acid groups (broad SMARTS) is 2. The van der Waals surface area contributed by atoms with Crippen LogP contribution in [0.25, 0.3) is 10.8 Å². The van der Waals surface area contributed by atoms with E-state index in [1.165, 1.54) is 43.3 Å². The molecule has 0 atom stereocenters. The van der Waals surface area contributed by atoms with Crippen molar-refractivity contribution in [2.45, 2.75) is 23.0 Å². The summed E-state index contributed by atoms with van der Waals surface area (Å²) in [6.45, 7) is 3.48. The van der Waals surface area contributed by atoms with Gasteiger partial charge in [0.2, 0.25) is 5.91 Å². The topological polar surface area (TPSA) is 246 Å². The van der Waals surface area contributed by atoms with Crippen LogP contribution in [0, 0.1) is 6.92 Å². The number of hydrogen-bond donors (Lipinski definition) is 5. The minimum atomic E-state index is -3.97. The quantitative estimate of drug-likeness (QED) is 0.0480. The Balaban J connectivity index is 0.000000218. The lowest BCUT2D eigenvalue weighted by Gasteiger charge is -2.14. The van der Waals surface area contributed by atoms with E-state index in [4.69, 9.17) is 29.2 Å². The van der Waals surface area contributed by atoms with E-state index in [9.17, 15) is 31.2 Å². The molecule has 0 spiro atoms. The number of nitrogens with zero attached hydrogens (tertiary/aromatic N) is 1. The zero-order valence-corrected chi connectivity index (χ0v) is 37.6. The number of carbonyl (C=O) groups excluding carboxylic acids is 1. The predicted molar refractivity (Wildman–Crippen MR) is 248 cm³/mol. The van der Waals surface area contributed by atoms with Gasteiger partial charge in [-0.15, -0.1) is 0 Å². The fourth-order valence-corrected chi connectivity index (χ4v) is 9.57. The average molecular weight is 955 g/mol. The largest absolute Gasteiger partial charge is 0.490 e. The number of benzene rings is 6. The van der Waals surface area contributed by atoms with Crippen molar-refractivity contribution in [1.29, 1.82) is 0 Å². The monoisotopic (exact) mass is 954 g/mol. The predicted octanol–water partition coefficient (Wildman–Crippen LogP) is 8.16. The molecule has 7 aromatic rings. The summed E-state index contributed by atoms with van der Waals surface area (Å²) < 4.78 is 79.2. The summed E-state index contributed by atoms with van der Waals surface area (Å²) in [4.78, 5) is 37.2. The number of para-hydroxylation sites is 4. The van der Waals surface area contributed by atoms with Crippen molar-refractivity contribution in [1.82, 2.24) is 4.98 Å². The molecule has 1 heterocycles. The third-order valence-corrected chi connectivity index (χ3v) is 13.4. The third-order valence-electron chi connectivity index (χ3n) is 9.00. The summed E-state index contributed by atoms with van der Waals surface area (Å²) >= 11 is 0.851. The Bertz CT molecular complexity index is 3050. The minimum Gasteiger partial charge on any atom is -0.490 e. The standard InChI is InChI=1S/C25H21NO6S.C21H21N3O7S2/c27-25(28)19-9-12-21(13-10-19)31-15-16-32-24-8-4-3-7-23(24)26-33(29,30)22-14-11-18-5-1-2-6-20(18)17-22;1-13-20(32-21(22-13)23-14(2)25)33(28,29)24-17-5-3-4-6-18(17)31-12-11-30-16-9-7-15(8-10-16)19(26)27/h1-14,17,26H,15-16H2,(H,27,28);3-10,24H,11-12H2,1-2H3,(H,26,27)(H,22,23,25). The van der Waals surface area contributed by atoms with Crippen LogP contribution >= 0.6 is 11.3 Å². The van der Waals surface area contributed by atoms with Crippen LogP contribution in [0.3, 0.4) is 0 Å². The van der Waals surface area contributed by atoms with E-state index < -0.39 is 32.0 Å². The van der Waals surface area contributed by atoms with Crippen molar-refractivity contribution < 1.29 is 60.4 Å². The molecule has 0 bridgehead atoms. The van der Waals surface area contributed by atoms with Gasteiger partial charge in [-0.1, -0.05) is 65.9 Å². The molecule has 6 aromatic carbocycles. The van der Waals surface area contributed by atoms with E-state index in [0.29, 0.717) is 28.7 Å². The number of anilines is 3. The molecule has 0 aliphatic heterocycles. The third kappa shape index (κ3) is 13.2. The molecule has 0 radical (unpaired) electrons. The van der Waals surface area contributed by atoms with Crippen molar-refractivity contribution in [3.63, 3.8) is 0 Å². The molecule has 0 aliphatic rings. The second kappa shape index (κ2) is 21.8. The molecular formula is C46H42N4O13S3. The Morgan fingerprint density at radius 1 is 0.576 bits per heavy atom. The van der Waals surface area contributed by atoms with Crippen LogP contribution in [0.1, 0.15) is 33.3 Å². The van der Waals surface area contributed by atoms with Crippen LogP contribution in [0.5, 0.6) is 23.0 Å². The minimum absolute atomic E-state index is 0.0193. The molecule has 7 rings (SSSR count). The fraction of sp³-hybridized carbons (Fsp3) is 0.130. The SMILES string of the molecule is CC(=O)Nc1nc(C)c(S(=O)(=O)Nc2ccccc2OCCOc2ccc(C(=O)O)cc2)s1.O=C(O)c1ccc(OCCOc2ccccc2NS(=O)(=O)c2ccc3ccccc3c2)cc1. The Labute approximate surface area is 383 Å². The summed E-state index contributed by atoms with van der Waals surface area (Å²) in [5.74, 6) is -0.722. The van der Waals surface area contributed by atoms with Gasteiger partial charge in [-0.3, -0.25) is 14.2 Å². The van der Waals surface area contributed by atoms with Gasteiger partial charge in [0, 0.05) is 6.92 Å². The maximum atomic E-state index is 13.0. The van der Waals surface area contributed by atoms with Crippen molar-refractivity contribution >= 4 is 76.5 Å². The second-order valence-electron chi connectivity index (χ2n) is 13.8. The number of thiazole rings is 1. The number of carbonyl (C=O) groups is 3. The number of ether oxygens (including phenoxy) is 4. The lowest BCUT2D eigenvalue weighted by molar-refractivity contribution is -0.114. The van der Waals surface area contributed by atoms with Crippen LogP contribution in [-0.2, 0) is 24.8 Å². The van der Waals surface area contributed by atoms with Gasteiger partial charge in [0.05, 0.1) is 33.1 Å². The first-order chi connectivity index (χ1) is 31.6. The summed E-state index contributed by atoms with van der Waals surface area (Å²) in [6, 6.07) is 37.8. The molecule has 0 saturated heterocycles. The van der Waals surface area contributed by atoms with Crippen LogP contribution in [0.15, 0.2) is 149 Å². The number of carboxylic acids is 2. The number of aryl methyl sites for hydroxylation is 1. The van der Waals surface area contributed by atoms with Gasteiger partial charge in [0.15, 0.2) is 9.34 Å². The first-order valence-corrected chi connectivity index (χ1v) is 23.5. The lowest BCUT2D eigenvalue weighted by atomic mass is 10.1. The highest BCUT2D eigenvalue weighted by molar-refractivity contribution is 7.94. The zero-order valence-electron chi connectivity index (χ0n) is 35.2. The Morgan fingerprint density at radius 2 is 1.03 bits per heavy atom. The van der Waals surface area contributed by atoms with Crippen molar-refractivity contribution in [2.24, 2.45) is 0 Å². The summed E-state index contributed by atoms with van der Waals surface area (Å²) in [5.41, 5.74) is 1.14. The van der Waals surface area contributed by atoms with E-state index >= 15 is 0 Å². The molecule has 342 valence electrons.